The summed E-state index contributed by atoms with van der Waals surface area (Å²) in [5.74, 6) is -1.13. The fraction of sp³-hybridized carbons (Fsp3) is 0.214. The van der Waals surface area contributed by atoms with Gasteiger partial charge in [0.15, 0.2) is 0 Å². The standard InChI is InChI=1S/C14H14FNO2S/c1-16(8-10-2-4-11(15)5-3-10)9-12-6-7-13(19-12)14(17)18/h2-7H,8-9H2,1H3,(H,17,18). The Morgan fingerprint density at radius 3 is 2.47 bits per heavy atom. The molecule has 0 atom stereocenters. The van der Waals surface area contributed by atoms with E-state index in [2.05, 4.69) is 4.90 Å². The largest absolute Gasteiger partial charge is 0.477 e. The van der Waals surface area contributed by atoms with Crippen LogP contribution in [0.5, 0.6) is 0 Å². The Bertz CT molecular complexity index is 565. The van der Waals surface area contributed by atoms with Crippen molar-refractivity contribution in [1.29, 1.82) is 0 Å². The highest BCUT2D eigenvalue weighted by Gasteiger charge is 2.09. The van der Waals surface area contributed by atoms with Crippen molar-refractivity contribution in [3.05, 3.63) is 57.5 Å². The predicted octanol–water partition coefficient (Wildman–Crippen LogP) is 3.22. The van der Waals surface area contributed by atoms with Crippen LogP contribution in [0.15, 0.2) is 36.4 Å². The van der Waals surface area contributed by atoms with E-state index in [0.717, 1.165) is 10.4 Å². The van der Waals surface area contributed by atoms with Crippen molar-refractivity contribution in [3.63, 3.8) is 0 Å². The van der Waals surface area contributed by atoms with Gasteiger partial charge in [-0.2, -0.15) is 0 Å². The van der Waals surface area contributed by atoms with Gasteiger partial charge in [0.05, 0.1) is 0 Å². The molecule has 0 bridgehead atoms. The zero-order chi connectivity index (χ0) is 13.8. The van der Waals surface area contributed by atoms with Crippen molar-refractivity contribution >= 4 is 17.3 Å². The molecule has 19 heavy (non-hydrogen) atoms. The van der Waals surface area contributed by atoms with E-state index >= 15 is 0 Å². The summed E-state index contributed by atoms with van der Waals surface area (Å²) in [5, 5.41) is 8.85. The summed E-state index contributed by atoms with van der Waals surface area (Å²) in [7, 11) is 1.95. The predicted molar refractivity (Wildman–Crippen MR) is 72.8 cm³/mol. The number of carboxylic acid groups (broad SMARTS) is 1. The SMILES string of the molecule is CN(Cc1ccc(F)cc1)Cc1ccc(C(=O)O)s1. The van der Waals surface area contributed by atoms with Gasteiger partial charge in [0.25, 0.3) is 0 Å². The topological polar surface area (TPSA) is 40.5 Å². The van der Waals surface area contributed by atoms with Gasteiger partial charge in [0.1, 0.15) is 10.7 Å². The maximum atomic E-state index is 12.8. The second-order valence-corrected chi connectivity index (χ2v) is 5.54. The first-order valence-electron chi connectivity index (χ1n) is 5.79. The smallest absolute Gasteiger partial charge is 0.345 e. The van der Waals surface area contributed by atoms with Gasteiger partial charge in [-0.05, 0) is 36.9 Å². The molecule has 0 fully saturated rings. The molecule has 1 aromatic carbocycles. The number of carboxylic acids is 1. The lowest BCUT2D eigenvalue weighted by Crippen LogP contribution is -2.16. The van der Waals surface area contributed by atoms with Gasteiger partial charge >= 0.3 is 5.97 Å². The van der Waals surface area contributed by atoms with Crippen LogP contribution in [0.2, 0.25) is 0 Å². The molecule has 1 aromatic heterocycles. The minimum Gasteiger partial charge on any atom is -0.477 e. The summed E-state index contributed by atoms with van der Waals surface area (Å²) in [6.07, 6.45) is 0. The van der Waals surface area contributed by atoms with Gasteiger partial charge in [-0.25, -0.2) is 9.18 Å². The second-order valence-electron chi connectivity index (χ2n) is 4.37. The molecule has 100 valence electrons. The van der Waals surface area contributed by atoms with Crippen molar-refractivity contribution in [3.8, 4) is 0 Å². The minimum atomic E-state index is -0.891. The molecule has 0 aliphatic heterocycles. The van der Waals surface area contributed by atoms with E-state index in [1.54, 1.807) is 18.2 Å². The van der Waals surface area contributed by atoms with Crippen LogP contribution in [0, 0.1) is 5.82 Å². The molecule has 0 radical (unpaired) electrons. The third kappa shape index (κ3) is 3.87. The van der Waals surface area contributed by atoms with Gasteiger partial charge in [-0.15, -0.1) is 11.3 Å². The van der Waals surface area contributed by atoms with E-state index in [0.29, 0.717) is 18.0 Å². The molecule has 0 aliphatic carbocycles. The number of aromatic carboxylic acids is 1. The molecule has 0 aliphatic rings. The van der Waals surface area contributed by atoms with Gasteiger partial charge < -0.3 is 5.11 Å². The monoisotopic (exact) mass is 279 g/mol. The van der Waals surface area contributed by atoms with Crippen LogP contribution < -0.4 is 0 Å². The number of halogens is 1. The molecule has 1 heterocycles. The Morgan fingerprint density at radius 1 is 1.21 bits per heavy atom. The van der Waals surface area contributed by atoms with Crippen LogP contribution in [0.3, 0.4) is 0 Å². The van der Waals surface area contributed by atoms with Crippen LogP contribution in [0.1, 0.15) is 20.1 Å². The van der Waals surface area contributed by atoms with E-state index in [1.165, 1.54) is 23.5 Å². The van der Waals surface area contributed by atoms with Crippen LogP contribution in [-0.4, -0.2) is 23.0 Å². The molecule has 1 N–H and O–H groups in total. The Hall–Kier alpha value is -1.72. The third-order valence-electron chi connectivity index (χ3n) is 2.66. The molecule has 5 heteroatoms. The Labute approximate surface area is 114 Å². The van der Waals surface area contributed by atoms with E-state index in [9.17, 15) is 9.18 Å². The van der Waals surface area contributed by atoms with Gasteiger partial charge in [-0.3, -0.25) is 4.90 Å². The average molecular weight is 279 g/mol. The van der Waals surface area contributed by atoms with Crippen molar-refractivity contribution in [2.45, 2.75) is 13.1 Å². The minimum absolute atomic E-state index is 0.240. The summed E-state index contributed by atoms with van der Waals surface area (Å²) in [5.41, 5.74) is 1.03. The van der Waals surface area contributed by atoms with Gasteiger partial charge in [0, 0.05) is 18.0 Å². The van der Waals surface area contributed by atoms with E-state index in [1.807, 2.05) is 13.1 Å². The molecule has 0 unspecified atom stereocenters. The van der Waals surface area contributed by atoms with E-state index in [-0.39, 0.29) is 5.82 Å². The Kier molecular flexibility index (Phi) is 4.29. The van der Waals surface area contributed by atoms with E-state index in [4.69, 9.17) is 5.11 Å². The molecule has 0 saturated heterocycles. The molecule has 0 saturated carbocycles. The lowest BCUT2D eigenvalue weighted by Gasteiger charge is -2.15. The normalized spacial score (nSPS) is 10.9. The van der Waals surface area contributed by atoms with Crippen molar-refractivity contribution in [2.75, 3.05) is 7.05 Å². The molecule has 2 aromatic rings. The lowest BCUT2D eigenvalue weighted by atomic mass is 10.2. The highest BCUT2D eigenvalue weighted by atomic mass is 32.1. The van der Waals surface area contributed by atoms with Crippen LogP contribution in [0.25, 0.3) is 0 Å². The first-order chi connectivity index (χ1) is 9.04. The van der Waals surface area contributed by atoms with Crippen molar-refractivity contribution in [2.24, 2.45) is 0 Å². The molecular formula is C14H14FNO2S. The summed E-state index contributed by atoms with van der Waals surface area (Å²) in [6.45, 7) is 1.37. The van der Waals surface area contributed by atoms with Crippen molar-refractivity contribution in [1.82, 2.24) is 4.90 Å². The zero-order valence-electron chi connectivity index (χ0n) is 10.5. The molecule has 0 amide bonds. The van der Waals surface area contributed by atoms with Crippen molar-refractivity contribution < 1.29 is 14.3 Å². The fourth-order valence-corrected chi connectivity index (χ4v) is 2.73. The number of carbonyl (C=O) groups is 1. The lowest BCUT2D eigenvalue weighted by molar-refractivity contribution is 0.0702. The summed E-state index contributed by atoms with van der Waals surface area (Å²) >= 11 is 1.28. The van der Waals surface area contributed by atoms with Gasteiger partial charge in [-0.1, -0.05) is 12.1 Å². The number of nitrogens with zero attached hydrogens (tertiary/aromatic N) is 1. The summed E-state index contributed by atoms with van der Waals surface area (Å²) < 4.78 is 12.8. The Morgan fingerprint density at radius 2 is 1.89 bits per heavy atom. The average Bonchev–Trinajstić information content (AvgIpc) is 2.80. The maximum Gasteiger partial charge on any atom is 0.345 e. The van der Waals surface area contributed by atoms with Crippen LogP contribution in [-0.2, 0) is 13.1 Å². The summed E-state index contributed by atoms with van der Waals surface area (Å²) in [6, 6.07) is 9.84. The second kappa shape index (κ2) is 5.95. The Balaban J connectivity index is 1.94. The number of benzene rings is 1. The van der Waals surface area contributed by atoms with E-state index < -0.39 is 5.97 Å². The quantitative estimate of drug-likeness (QED) is 0.913. The van der Waals surface area contributed by atoms with Crippen LogP contribution in [0.4, 0.5) is 4.39 Å². The highest BCUT2D eigenvalue weighted by molar-refractivity contribution is 7.13. The number of rotatable bonds is 5. The fourth-order valence-electron chi connectivity index (χ4n) is 1.80. The maximum absolute atomic E-state index is 12.8. The highest BCUT2D eigenvalue weighted by Crippen LogP contribution is 2.18. The van der Waals surface area contributed by atoms with Gasteiger partial charge in [0.2, 0.25) is 0 Å². The molecular weight excluding hydrogens is 265 g/mol. The molecule has 3 nitrogen and oxygen atoms in total. The number of hydrogen-bond donors (Lipinski definition) is 1. The summed E-state index contributed by atoms with van der Waals surface area (Å²) in [4.78, 5) is 14.2. The first-order valence-corrected chi connectivity index (χ1v) is 6.61. The zero-order valence-corrected chi connectivity index (χ0v) is 11.3. The molecule has 2 rings (SSSR count). The first kappa shape index (κ1) is 13.7. The van der Waals surface area contributed by atoms with Crippen LogP contribution >= 0.6 is 11.3 Å². The molecule has 0 spiro atoms. The third-order valence-corrected chi connectivity index (χ3v) is 3.72. The number of thiophene rings is 1. The number of hydrogen-bond acceptors (Lipinski definition) is 3.